The van der Waals surface area contributed by atoms with Crippen molar-refractivity contribution in [1.82, 2.24) is 10.1 Å². The van der Waals surface area contributed by atoms with Crippen molar-refractivity contribution >= 4 is 21.4 Å². The fraction of sp³-hybridized carbons (Fsp3) is 0.385. The van der Waals surface area contributed by atoms with Gasteiger partial charge in [0.2, 0.25) is 5.89 Å². The molecule has 2 N–H and O–H groups in total. The molecular formula is C13H16ClN3O3S. The van der Waals surface area contributed by atoms with Crippen LogP contribution in [0.3, 0.4) is 0 Å². The Balaban J connectivity index is 2.03. The summed E-state index contributed by atoms with van der Waals surface area (Å²) < 4.78 is 27.3. The van der Waals surface area contributed by atoms with Gasteiger partial charge in [-0.2, -0.15) is 4.98 Å². The van der Waals surface area contributed by atoms with E-state index in [9.17, 15) is 8.42 Å². The van der Waals surface area contributed by atoms with Crippen LogP contribution in [0.4, 0.5) is 0 Å². The zero-order chi connectivity index (χ0) is 15.5. The lowest BCUT2D eigenvalue weighted by molar-refractivity contribution is 0.349. The minimum absolute atomic E-state index is 0.0175. The minimum atomic E-state index is -3.06. The van der Waals surface area contributed by atoms with Crippen LogP contribution >= 0.6 is 11.6 Å². The summed E-state index contributed by atoms with van der Waals surface area (Å²) in [5.41, 5.74) is 6.74. The number of nitrogens with zero attached hydrogens (tertiary/aromatic N) is 2. The molecule has 2 aromatic rings. The summed E-state index contributed by atoms with van der Waals surface area (Å²) in [6.07, 6.45) is 1.84. The molecule has 0 saturated carbocycles. The van der Waals surface area contributed by atoms with Crippen molar-refractivity contribution in [2.24, 2.45) is 5.73 Å². The molecule has 1 aromatic carbocycles. The van der Waals surface area contributed by atoms with Crippen LogP contribution in [-0.2, 0) is 16.3 Å². The van der Waals surface area contributed by atoms with Crippen LogP contribution in [0.1, 0.15) is 29.7 Å². The second-order valence-corrected chi connectivity index (χ2v) is 7.51. The van der Waals surface area contributed by atoms with Gasteiger partial charge in [-0.05, 0) is 18.1 Å². The fourth-order valence-electron chi connectivity index (χ4n) is 1.77. The van der Waals surface area contributed by atoms with Crippen LogP contribution in [-0.4, -0.2) is 30.6 Å². The molecule has 0 aliphatic carbocycles. The zero-order valence-corrected chi connectivity index (χ0v) is 13.1. The maximum Gasteiger partial charge on any atom is 0.243 e. The SMILES string of the molecule is CS(=O)(=O)CCC(N)c1nc(Cc2ccccc2Cl)no1. The van der Waals surface area contributed by atoms with E-state index in [1.54, 1.807) is 6.07 Å². The molecule has 0 radical (unpaired) electrons. The summed E-state index contributed by atoms with van der Waals surface area (Å²) in [6.45, 7) is 0. The zero-order valence-electron chi connectivity index (χ0n) is 11.5. The van der Waals surface area contributed by atoms with Crippen LogP contribution < -0.4 is 5.73 Å². The molecule has 2 rings (SSSR count). The third-order valence-corrected chi connectivity index (χ3v) is 4.25. The molecule has 0 amide bonds. The standard InChI is InChI=1S/C13H16ClN3O3S/c1-21(18,19)7-6-11(15)13-16-12(17-20-13)8-9-4-2-3-5-10(9)14/h2-5,11H,6-8,15H2,1H3. The van der Waals surface area contributed by atoms with Gasteiger partial charge >= 0.3 is 0 Å². The van der Waals surface area contributed by atoms with Gasteiger partial charge in [-0.3, -0.25) is 0 Å². The van der Waals surface area contributed by atoms with Gasteiger partial charge in [0, 0.05) is 17.7 Å². The normalized spacial score (nSPS) is 13.3. The Kier molecular flexibility index (Phi) is 4.97. The molecule has 21 heavy (non-hydrogen) atoms. The van der Waals surface area contributed by atoms with Gasteiger partial charge in [-0.15, -0.1) is 0 Å². The van der Waals surface area contributed by atoms with Gasteiger partial charge in [0.15, 0.2) is 5.82 Å². The molecule has 0 aliphatic rings. The lowest BCUT2D eigenvalue weighted by atomic mass is 10.1. The molecule has 0 bridgehead atoms. The van der Waals surface area contributed by atoms with Gasteiger partial charge in [0.1, 0.15) is 9.84 Å². The van der Waals surface area contributed by atoms with Crippen molar-refractivity contribution in [3.63, 3.8) is 0 Å². The number of rotatable bonds is 6. The van der Waals surface area contributed by atoms with E-state index in [2.05, 4.69) is 10.1 Å². The van der Waals surface area contributed by atoms with Gasteiger partial charge in [0.25, 0.3) is 0 Å². The third kappa shape index (κ3) is 4.80. The topological polar surface area (TPSA) is 99.1 Å². The lowest BCUT2D eigenvalue weighted by Crippen LogP contribution is -2.16. The Morgan fingerprint density at radius 2 is 2.10 bits per heavy atom. The molecular weight excluding hydrogens is 314 g/mol. The molecule has 8 heteroatoms. The summed E-state index contributed by atoms with van der Waals surface area (Å²) in [7, 11) is -3.06. The number of halogens is 1. The Labute approximate surface area is 128 Å². The Morgan fingerprint density at radius 3 is 2.76 bits per heavy atom. The van der Waals surface area contributed by atoms with Crippen molar-refractivity contribution in [2.45, 2.75) is 18.9 Å². The maximum absolute atomic E-state index is 11.1. The number of nitrogens with two attached hydrogens (primary N) is 1. The van der Waals surface area contributed by atoms with E-state index in [0.717, 1.165) is 11.8 Å². The van der Waals surface area contributed by atoms with Crippen LogP contribution in [0, 0.1) is 0 Å². The molecule has 0 fully saturated rings. The van der Waals surface area contributed by atoms with E-state index in [1.165, 1.54) is 0 Å². The number of benzene rings is 1. The molecule has 0 aliphatic heterocycles. The molecule has 1 heterocycles. The fourth-order valence-corrected chi connectivity index (χ4v) is 2.65. The second-order valence-electron chi connectivity index (χ2n) is 4.84. The van der Waals surface area contributed by atoms with Crippen molar-refractivity contribution in [3.8, 4) is 0 Å². The third-order valence-electron chi connectivity index (χ3n) is 2.91. The van der Waals surface area contributed by atoms with Crippen molar-refractivity contribution in [1.29, 1.82) is 0 Å². The molecule has 1 atom stereocenters. The summed E-state index contributed by atoms with van der Waals surface area (Å²) in [6, 6.07) is 6.79. The molecule has 1 unspecified atom stereocenters. The van der Waals surface area contributed by atoms with E-state index in [0.29, 0.717) is 17.3 Å². The van der Waals surface area contributed by atoms with Gasteiger partial charge in [0.05, 0.1) is 11.8 Å². The first kappa shape index (κ1) is 15.9. The molecule has 0 saturated heterocycles. The monoisotopic (exact) mass is 329 g/mol. The maximum atomic E-state index is 11.1. The van der Waals surface area contributed by atoms with Crippen LogP contribution in [0.15, 0.2) is 28.8 Å². The first-order valence-corrected chi connectivity index (χ1v) is 8.78. The predicted octanol–water partition coefficient (Wildman–Crippen LogP) is 1.75. The van der Waals surface area contributed by atoms with E-state index in [4.69, 9.17) is 21.9 Å². The highest BCUT2D eigenvalue weighted by atomic mass is 35.5. The Hall–Kier alpha value is -1.44. The van der Waals surface area contributed by atoms with Crippen molar-refractivity contribution < 1.29 is 12.9 Å². The van der Waals surface area contributed by atoms with Crippen molar-refractivity contribution in [3.05, 3.63) is 46.6 Å². The smallest absolute Gasteiger partial charge is 0.243 e. The Bertz CT molecular complexity index is 715. The predicted molar refractivity (Wildman–Crippen MR) is 79.8 cm³/mol. The van der Waals surface area contributed by atoms with Crippen LogP contribution in [0.2, 0.25) is 5.02 Å². The second kappa shape index (κ2) is 6.55. The van der Waals surface area contributed by atoms with Crippen LogP contribution in [0.25, 0.3) is 0 Å². The summed E-state index contributed by atoms with van der Waals surface area (Å²) in [4.78, 5) is 4.19. The highest BCUT2D eigenvalue weighted by Crippen LogP contribution is 2.19. The highest BCUT2D eigenvalue weighted by molar-refractivity contribution is 7.90. The largest absolute Gasteiger partial charge is 0.338 e. The van der Waals surface area contributed by atoms with E-state index in [-0.39, 0.29) is 18.1 Å². The number of hydrogen-bond donors (Lipinski definition) is 1. The van der Waals surface area contributed by atoms with E-state index >= 15 is 0 Å². The summed E-state index contributed by atoms with van der Waals surface area (Å²) >= 11 is 6.07. The number of aromatic nitrogens is 2. The molecule has 6 nitrogen and oxygen atoms in total. The average molecular weight is 330 g/mol. The first-order valence-electron chi connectivity index (χ1n) is 6.34. The quantitative estimate of drug-likeness (QED) is 0.866. The highest BCUT2D eigenvalue weighted by Gasteiger charge is 2.17. The van der Waals surface area contributed by atoms with E-state index < -0.39 is 15.9 Å². The van der Waals surface area contributed by atoms with Crippen LogP contribution in [0.5, 0.6) is 0 Å². The molecule has 1 aromatic heterocycles. The summed E-state index contributed by atoms with van der Waals surface area (Å²) in [5, 5.41) is 4.47. The molecule has 114 valence electrons. The Morgan fingerprint density at radius 1 is 1.38 bits per heavy atom. The molecule has 0 spiro atoms. The number of sulfone groups is 1. The average Bonchev–Trinajstić information content (AvgIpc) is 2.86. The van der Waals surface area contributed by atoms with Gasteiger partial charge in [-0.1, -0.05) is 35.0 Å². The van der Waals surface area contributed by atoms with Gasteiger partial charge < -0.3 is 10.3 Å². The summed E-state index contributed by atoms with van der Waals surface area (Å²) in [5.74, 6) is 0.685. The van der Waals surface area contributed by atoms with Crippen molar-refractivity contribution in [2.75, 3.05) is 12.0 Å². The van der Waals surface area contributed by atoms with Gasteiger partial charge in [-0.25, -0.2) is 8.42 Å². The first-order chi connectivity index (χ1) is 9.85. The lowest BCUT2D eigenvalue weighted by Gasteiger charge is -2.04. The number of hydrogen-bond acceptors (Lipinski definition) is 6. The minimum Gasteiger partial charge on any atom is -0.338 e. The van der Waals surface area contributed by atoms with E-state index in [1.807, 2.05) is 18.2 Å².